The summed E-state index contributed by atoms with van der Waals surface area (Å²) in [5.41, 5.74) is 1.31. The van der Waals surface area contributed by atoms with Gasteiger partial charge in [0.25, 0.3) is 0 Å². The van der Waals surface area contributed by atoms with E-state index < -0.39 is 5.60 Å². The quantitative estimate of drug-likeness (QED) is 0.531. The van der Waals surface area contributed by atoms with Crippen molar-refractivity contribution in [2.75, 3.05) is 32.8 Å². The van der Waals surface area contributed by atoms with E-state index in [2.05, 4.69) is 21.7 Å². The third kappa shape index (κ3) is 4.76. The van der Waals surface area contributed by atoms with Crippen molar-refractivity contribution < 1.29 is 14.6 Å². The summed E-state index contributed by atoms with van der Waals surface area (Å²) in [5.74, 6) is 0.717. The SMILES string of the molecule is CCNC(=NCC1(O)CCc2ccccc21)NC1CCN(C(=O)OCC)CC1. The van der Waals surface area contributed by atoms with E-state index >= 15 is 0 Å². The number of aliphatic hydroxyl groups is 1. The Hall–Kier alpha value is -2.28. The van der Waals surface area contributed by atoms with Crippen LogP contribution in [0.5, 0.6) is 0 Å². The average Bonchev–Trinajstić information content (AvgIpc) is 3.05. The first-order valence-corrected chi connectivity index (χ1v) is 10.3. The number of ether oxygens (including phenoxy) is 1. The van der Waals surface area contributed by atoms with Crippen LogP contribution in [0.3, 0.4) is 0 Å². The van der Waals surface area contributed by atoms with Gasteiger partial charge < -0.3 is 25.4 Å². The van der Waals surface area contributed by atoms with Crippen LogP contribution >= 0.6 is 0 Å². The summed E-state index contributed by atoms with van der Waals surface area (Å²) in [6.07, 6.45) is 3.04. The van der Waals surface area contributed by atoms with Gasteiger partial charge in [0, 0.05) is 25.7 Å². The van der Waals surface area contributed by atoms with Crippen LogP contribution in [0.15, 0.2) is 29.3 Å². The highest BCUT2D eigenvalue weighted by molar-refractivity contribution is 5.80. The topological polar surface area (TPSA) is 86.2 Å². The molecule has 1 amide bonds. The molecule has 1 aliphatic heterocycles. The molecule has 3 rings (SSSR count). The van der Waals surface area contributed by atoms with E-state index in [1.807, 2.05) is 32.0 Å². The summed E-state index contributed by atoms with van der Waals surface area (Å²) in [4.78, 5) is 18.3. The van der Waals surface area contributed by atoms with Gasteiger partial charge in [0.1, 0.15) is 5.60 Å². The molecule has 1 unspecified atom stereocenters. The molecule has 0 saturated carbocycles. The van der Waals surface area contributed by atoms with Crippen molar-refractivity contribution in [2.45, 2.75) is 51.2 Å². The van der Waals surface area contributed by atoms with Gasteiger partial charge in [-0.2, -0.15) is 0 Å². The Morgan fingerprint density at radius 1 is 1.32 bits per heavy atom. The summed E-state index contributed by atoms with van der Waals surface area (Å²) in [7, 11) is 0. The zero-order chi connectivity index (χ0) is 20.0. The number of nitrogens with one attached hydrogen (secondary N) is 2. The number of nitrogens with zero attached hydrogens (tertiary/aromatic N) is 2. The lowest BCUT2D eigenvalue weighted by Gasteiger charge is -2.32. The predicted octanol–water partition coefficient (Wildman–Crippen LogP) is 2.00. The monoisotopic (exact) mass is 388 g/mol. The lowest BCUT2D eigenvalue weighted by Crippen LogP contribution is -2.50. The van der Waals surface area contributed by atoms with E-state index in [1.54, 1.807) is 4.90 Å². The Morgan fingerprint density at radius 2 is 2.07 bits per heavy atom. The zero-order valence-corrected chi connectivity index (χ0v) is 16.9. The number of aryl methyl sites for hydroxylation is 1. The van der Waals surface area contributed by atoms with Crippen molar-refractivity contribution in [2.24, 2.45) is 4.99 Å². The van der Waals surface area contributed by atoms with Crippen molar-refractivity contribution in [3.8, 4) is 0 Å². The van der Waals surface area contributed by atoms with Crippen molar-refractivity contribution in [3.05, 3.63) is 35.4 Å². The Kier molecular flexibility index (Phi) is 6.78. The van der Waals surface area contributed by atoms with E-state index in [4.69, 9.17) is 4.74 Å². The molecule has 2 aliphatic rings. The van der Waals surface area contributed by atoms with Crippen molar-refractivity contribution in [1.82, 2.24) is 15.5 Å². The number of rotatable bonds is 5. The molecule has 1 aliphatic carbocycles. The number of amides is 1. The number of fused-ring (bicyclic) bond motifs is 1. The summed E-state index contributed by atoms with van der Waals surface area (Å²) in [6.45, 7) is 6.69. The maximum atomic E-state index is 11.8. The maximum absolute atomic E-state index is 11.8. The summed E-state index contributed by atoms with van der Waals surface area (Å²) in [6, 6.07) is 8.32. The molecule has 0 bridgehead atoms. The molecule has 1 heterocycles. The molecule has 1 aromatic carbocycles. The van der Waals surface area contributed by atoms with Crippen LogP contribution in [-0.4, -0.2) is 60.9 Å². The third-order valence-electron chi connectivity index (χ3n) is 5.53. The third-order valence-corrected chi connectivity index (χ3v) is 5.53. The molecule has 1 atom stereocenters. The van der Waals surface area contributed by atoms with Crippen LogP contribution in [-0.2, 0) is 16.8 Å². The molecule has 0 radical (unpaired) electrons. The van der Waals surface area contributed by atoms with Gasteiger partial charge in [0.2, 0.25) is 0 Å². The molecule has 1 fully saturated rings. The fourth-order valence-electron chi connectivity index (χ4n) is 3.98. The highest BCUT2D eigenvalue weighted by atomic mass is 16.6. The van der Waals surface area contributed by atoms with Crippen LogP contribution in [0.1, 0.15) is 44.2 Å². The number of hydrogen-bond acceptors (Lipinski definition) is 4. The van der Waals surface area contributed by atoms with E-state index in [0.717, 1.165) is 37.3 Å². The molecular formula is C21H32N4O3. The lowest BCUT2D eigenvalue weighted by molar-refractivity contribution is 0.0484. The number of guanidine groups is 1. The molecule has 154 valence electrons. The van der Waals surface area contributed by atoms with Gasteiger partial charge in [0.05, 0.1) is 13.2 Å². The standard InChI is InChI=1S/C21H32N4O3/c1-3-22-19(24-17-10-13-25(14-11-17)20(26)28-4-2)23-15-21(27)12-9-16-7-5-6-8-18(16)21/h5-8,17,27H,3-4,9-15H2,1-2H3,(H2,22,23,24). The molecule has 1 aromatic rings. The second-order valence-corrected chi connectivity index (χ2v) is 7.49. The number of hydrogen-bond donors (Lipinski definition) is 3. The average molecular weight is 389 g/mol. The molecule has 7 nitrogen and oxygen atoms in total. The summed E-state index contributed by atoms with van der Waals surface area (Å²) in [5, 5.41) is 17.8. The molecular weight excluding hydrogens is 356 g/mol. The summed E-state index contributed by atoms with van der Waals surface area (Å²) >= 11 is 0. The number of likely N-dealkylation sites (tertiary alicyclic amines) is 1. The van der Waals surface area contributed by atoms with Gasteiger partial charge in [-0.3, -0.25) is 0 Å². The molecule has 1 saturated heterocycles. The smallest absolute Gasteiger partial charge is 0.409 e. The lowest BCUT2D eigenvalue weighted by atomic mass is 9.96. The minimum absolute atomic E-state index is 0.233. The van der Waals surface area contributed by atoms with Crippen molar-refractivity contribution in [1.29, 1.82) is 0 Å². The van der Waals surface area contributed by atoms with Gasteiger partial charge in [-0.15, -0.1) is 0 Å². The number of benzene rings is 1. The summed E-state index contributed by atoms with van der Waals surface area (Å²) < 4.78 is 5.07. The van der Waals surface area contributed by atoms with Gasteiger partial charge in [0.15, 0.2) is 5.96 Å². The number of piperidine rings is 1. The van der Waals surface area contributed by atoms with Gasteiger partial charge in [-0.25, -0.2) is 9.79 Å². The van der Waals surface area contributed by atoms with Gasteiger partial charge in [-0.05, 0) is 50.7 Å². The molecule has 7 heteroatoms. The van der Waals surface area contributed by atoms with Crippen molar-refractivity contribution >= 4 is 12.1 Å². The van der Waals surface area contributed by atoms with Crippen LogP contribution in [0.25, 0.3) is 0 Å². The van der Waals surface area contributed by atoms with Gasteiger partial charge in [-0.1, -0.05) is 24.3 Å². The van der Waals surface area contributed by atoms with Crippen molar-refractivity contribution in [3.63, 3.8) is 0 Å². The normalized spacial score (nSPS) is 22.7. The minimum atomic E-state index is -0.897. The molecule has 0 spiro atoms. The zero-order valence-electron chi connectivity index (χ0n) is 16.9. The molecule has 3 N–H and O–H groups in total. The second kappa shape index (κ2) is 9.28. The fourth-order valence-corrected chi connectivity index (χ4v) is 3.98. The van der Waals surface area contributed by atoms with Gasteiger partial charge >= 0.3 is 6.09 Å². The van der Waals surface area contributed by atoms with E-state index in [1.165, 1.54) is 5.56 Å². The van der Waals surface area contributed by atoms with E-state index in [9.17, 15) is 9.90 Å². The Balaban J connectivity index is 1.58. The Morgan fingerprint density at radius 3 is 2.79 bits per heavy atom. The largest absolute Gasteiger partial charge is 0.450 e. The maximum Gasteiger partial charge on any atom is 0.409 e. The first-order chi connectivity index (χ1) is 13.6. The second-order valence-electron chi connectivity index (χ2n) is 7.49. The number of aliphatic imine (C=N–C) groups is 1. The van der Waals surface area contributed by atoms with E-state index in [-0.39, 0.29) is 12.1 Å². The minimum Gasteiger partial charge on any atom is -0.450 e. The molecule has 28 heavy (non-hydrogen) atoms. The highest BCUT2D eigenvalue weighted by Gasteiger charge is 2.36. The molecule has 0 aromatic heterocycles. The van der Waals surface area contributed by atoms with Crippen LogP contribution in [0.2, 0.25) is 0 Å². The van der Waals surface area contributed by atoms with Crippen LogP contribution in [0, 0.1) is 0 Å². The number of carbonyl (C=O) groups is 1. The van der Waals surface area contributed by atoms with Crippen LogP contribution in [0.4, 0.5) is 4.79 Å². The first kappa shape index (κ1) is 20.5. The van der Waals surface area contributed by atoms with Crippen LogP contribution < -0.4 is 10.6 Å². The fraction of sp³-hybridized carbons (Fsp3) is 0.619. The highest BCUT2D eigenvalue weighted by Crippen LogP contribution is 2.36. The number of carbonyl (C=O) groups excluding carboxylic acids is 1. The first-order valence-electron chi connectivity index (χ1n) is 10.3. The Bertz CT molecular complexity index is 701. The predicted molar refractivity (Wildman–Crippen MR) is 109 cm³/mol. The Labute approximate surface area is 167 Å². The van der Waals surface area contributed by atoms with E-state index in [0.29, 0.717) is 32.7 Å².